The van der Waals surface area contributed by atoms with Crippen molar-refractivity contribution >= 4 is 17.8 Å². The molecule has 1 fully saturated rings. The molecular weight excluding hydrogens is 310 g/mol. The molecule has 1 aromatic rings. The first kappa shape index (κ1) is 17.9. The molecule has 4 amide bonds. The molecule has 0 radical (unpaired) electrons. The molecule has 0 unspecified atom stereocenters. The third-order valence-electron chi connectivity index (χ3n) is 4.34. The van der Waals surface area contributed by atoms with E-state index >= 15 is 0 Å². The largest absolute Gasteiger partial charge is 0.391 e. The summed E-state index contributed by atoms with van der Waals surface area (Å²) in [6.45, 7) is 4.53. The zero-order valence-corrected chi connectivity index (χ0v) is 14.3. The van der Waals surface area contributed by atoms with Crippen LogP contribution < -0.4 is 5.32 Å². The molecule has 0 spiro atoms. The second kappa shape index (κ2) is 7.00. The van der Waals surface area contributed by atoms with Gasteiger partial charge in [0.05, 0.1) is 18.2 Å². The van der Waals surface area contributed by atoms with Crippen LogP contribution in [0.25, 0.3) is 0 Å². The number of urea groups is 1. The Kier molecular flexibility index (Phi) is 5.23. The van der Waals surface area contributed by atoms with E-state index in [0.717, 1.165) is 10.5 Å². The van der Waals surface area contributed by atoms with Crippen molar-refractivity contribution in [2.45, 2.75) is 45.0 Å². The Labute approximate surface area is 141 Å². The summed E-state index contributed by atoms with van der Waals surface area (Å²) < 4.78 is 0. The Balaban J connectivity index is 2.41. The van der Waals surface area contributed by atoms with Crippen molar-refractivity contribution in [2.24, 2.45) is 0 Å². The Morgan fingerprint density at radius 3 is 2.33 bits per heavy atom. The van der Waals surface area contributed by atoms with Gasteiger partial charge >= 0.3 is 6.03 Å². The molecule has 130 valence electrons. The van der Waals surface area contributed by atoms with E-state index in [1.165, 1.54) is 18.7 Å². The van der Waals surface area contributed by atoms with Crippen LogP contribution in [-0.2, 0) is 9.59 Å². The standard InChI is InChI=1S/C17H23N3O4/c1-10-15(13-8-6-5-7-9-13)20(17(24)19(10)4)16(23)14(11(2)21)18-12(3)22/h5-11,14-15,21H,1-4H3,(H,18,22)/t10-,11-,14+,15-/m0/s1. The highest BCUT2D eigenvalue weighted by molar-refractivity contribution is 6.00. The van der Waals surface area contributed by atoms with Crippen LogP contribution in [0.3, 0.4) is 0 Å². The minimum absolute atomic E-state index is 0.226. The maximum Gasteiger partial charge on any atom is 0.327 e. The monoisotopic (exact) mass is 333 g/mol. The normalized spacial score (nSPS) is 23.1. The molecule has 0 saturated carbocycles. The number of benzene rings is 1. The zero-order valence-electron chi connectivity index (χ0n) is 14.3. The topological polar surface area (TPSA) is 90.0 Å². The molecular formula is C17H23N3O4. The van der Waals surface area contributed by atoms with E-state index in [-0.39, 0.29) is 6.04 Å². The lowest BCUT2D eigenvalue weighted by Crippen LogP contribution is -2.54. The number of rotatable bonds is 4. The van der Waals surface area contributed by atoms with Crippen molar-refractivity contribution in [1.29, 1.82) is 0 Å². The van der Waals surface area contributed by atoms with Crippen molar-refractivity contribution in [3.63, 3.8) is 0 Å². The van der Waals surface area contributed by atoms with E-state index in [1.807, 2.05) is 37.3 Å². The maximum atomic E-state index is 12.9. The van der Waals surface area contributed by atoms with Gasteiger partial charge in [0.25, 0.3) is 5.91 Å². The highest BCUT2D eigenvalue weighted by Crippen LogP contribution is 2.35. The molecule has 1 saturated heterocycles. The van der Waals surface area contributed by atoms with E-state index in [1.54, 1.807) is 7.05 Å². The van der Waals surface area contributed by atoms with Gasteiger partial charge in [-0.2, -0.15) is 0 Å². The Morgan fingerprint density at radius 1 is 1.25 bits per heavy atom. The van der Waals surface area contributed by atoms with Crippen LogP contribution in [0.15, 0.2) is 30.3 Å². The van der Waals surface area contributed by atoms with Crippen LogP contribution in [-0.4, -0.2) is 58.0 Å². The number of carbonyl (C=O) groups excluding carboxylic acids is 3. The number of nitrogens with zero attached hydrogens (tertiary/aromatic N) is 2. The minimum Gasteiger partial charge on any atom is -0.391 e. The van der Waals surface area contributed by atoms with Crippen LogP contribution >= 0.6 is 0 Å². The SMILES string of the molecule is CC(=O)N[C@@H](C(=O)N1C(=O)N(C)[C@@H](C)[C@H]1c1ccccc1)[C@H](C)O. The smallest absolute Gasteiger partial charge is 0.327 e. The minimum atomic E-state index is -1.17. The molecule has 0 aliphatic carbocycles. The molecule has 4 atom stereocenters. The van der Waals surface area contributed by atoms with E-state index in [9.17, 15) is 19.5 Å². The average molecular weight is 333 g/mol. The first-order valence-corrected chi connectivity index (χ1v) is 7.85. The molecule has 1 aliphatic heterocycles. The predicted octanol–water partition coefficient (Wildman–Crippen LogP) is 0.896. The highest BCUT2D eigenvalue weighted by atomic mass is 16.3. The Hall–Kier alpha value is -2.41. The summed E-state index contributed by atoms with van der Waals surface area (Å²) in [6.07, 6.45) is -1.12. The van der Waals surface area contributed by atoms with Gasteiger partial charge in [-0.15, -0.1) is 0 Å². The summed E-state index contributed by atoms with van der Waals surface area (Å²) in [5.74, 6) is -1.06. The number of imide groups is 1. The summed E-state index contributed by atoms with van der Waals surface area (Å²) in [6, 6.07) is 6.92. The van der Waals surface area contributed by atoms with Crippen LogP contribution in [0.1, 0.15) is 32.4 Å². The molecule has 2 N–H and O–H groups in total. The van der Waals surface area contributed by atoms with Gasteiger partial charge < -0.3 is 15.3 Å². The molecule has 1 aliphatic rings. The summed E-state index contributed by atoms with van der Waals surface area (Å²) in [7, 11) is 1.63. The van der Waals surface area contributed by atoms with E-state index in [2.05, 4.69) is 5.32 Å². The summed E-state index contributed by atoms with van der Waals surface area (Å²) in [5.41, 5.74) is 0.822. The lowest BCUT2D eigenvalue weighted by atomic mass is 9.99. The third kappa shape index (κ3) is 3.26. The molecule has 7 heteroatoms. The van der Waals surface area contributed by atoms with Gasteiger partial charge in [-0.25, -0.2) is 4.79 Å². The van der Waals surface area contributed by atoms with Gasteiger partial charge in [0.1, 0.15) is 6.04 Å². The Morgan fingerprint density at radius 2 is 1.83 bits per heavy atom. The van der Waals surface area contributed by atoms with Crippen LogP contribution in [0.5, 0.6) is 0 Å². The number of nitrogens with one attached hydrogen (secondary N) is 1. The number of amides is 4. The van der Waals surface area contributed by atoms with Crippen molar-refractivity contribution in [1.82, 2.24) is 15.1 Å². The fourth-order valence-corrected chi connectivity index (χ4v) is 2.96. The second-order valence-corrected chi connectivity index (χ2v) is 6.12. The van der Waals surface area contributed by atoms with Crippen molar-refractivity contribution < 1.29 is 19.5 Å². The predicted molar refractivity (Wildman–Crippen MR) is 87.9 cm³/mol. The fraction of sp³-hybridized carbons (Fsp3) is 0.471. The Bertz CT molecular complexity index is 632. The van der Waals surface area contributed by atoms with Gasteiger partial charge in [-0.1, -0.05) is 30.3 Å². The molecule has 7 nitrogen and oxygen atoms in total. The quantitative estimate of drug-likeness (QED) is 0.856. The fourth-order valence-electron chi connectivity index (χ4n) is 2.96. The molecule has 1 aromatic carbocycles. The van der Waals surface area contributed by atoms with Gasteiger partial charge in [-0.3, -0.25) is 14.5 Å². The number of hydrogen-bond acceptors (Lipinski definition) is 4. The van der Waals surface area contributed by atoms with E-state index in [4.69, 9.17) is 0 Å². The summed E-state index contributed by atoms with van der Waals surface area (Å²) in [4.78, 5) is 39.5. The average Bonchev–Trinajstić information content (AvgIpc) is 2.76. The second-order valence-electron chi connectivity index (χ2n) is 6.12. The van der Waals surface area contributed by atoms with Gasteiger partial charge in [-0.05, 0) is 19.4 Å². The number of aliphatic hydroxyl groups is 1. The number of hydrogen-bond donors (Lipinski definition) is 2. The zero-order chi connectivity index (χ0) is 18.0. The molecule has 2 rings (SSSR count). The van der Waals surface area contributed by atoms with Crippen LogP contribution in [0.2, 0.25) is 0 Å². The van der Waals surface area contributed by atoms with Crippen molar-refractivity contribution in [3.8, 4) is 0 Å². The molecule has 1 heterocycles. The summed E-state index contributed by atoms with van der Waals surface area (Å²) in [5, 5.41) is 12.3. The van der Waals surface area contributed by atoms with E-state index < -0.39 is 36.0 Å². The van der Waals surface area contributed by atoms with Crippen molar-refractivity contribution in [3.05, 3.63) is 35.9 Å². The van der Waals surface area contributed by atoms with Crippen molar-refractivity contribution in [2.75, 3.05) is 7.05 Å². The van der Waals surface area contributed by atoms with Crippen LogP contribution in [0.4, 0.5) is 4.79 Å². The first-order valence-electron chi connectivity index (χ1n) is 7.85. The lowest BCUT2D eigenvalue weighted by Gasteiger charge is -2.29. The number of aliphatic hydroxyl groups excluding tert-OH is 1. The number of likely N-dealkylation sites (N-methyl/N-ethyl adjacent to an activating group) is 1. The van der Waals surface area contributed by atoms with Crippen LogP contribution in [0, 0.1) is 0 Å². The highest BCUT2D eigenvalue weighted by Gasteiger charge is 2.48. The lowest BCUT2D eigenvalue weighted by molar-refractivity contribution is -0.137. The maximum absolute atomic E-state index is 12.9. The summed E-state index contributed by atoms with van der Waals surface area (Å²) >= 11 is 0. The molecule has 0 aromatic heterocycles. The number of carbonyl (C=O) groups is 3. The molecule has 0 bridgehead atoms. The molecule has 24 heavy (non-hydrogen) atoms. The van der Waals surface area contributed by atoms with Gasteiger partial charge in [0.15, 0.2) is 0 Å². The third-order valence-corrected chi connectivity index (χ3v) is 4.34. The van der Waals surface area contributed by atoms with Gasteiger partial charge in [0.2, 0.25) is 5.91 Å². The van der Waals surface area contributed by atoms with E-state index in [0.29, 0.717) is 0 Å². The van der Waals surface area contributed by atoms with Gasteiger partial charge in [0, 0.05) is 14.0 Å². The first-order chi connectivity index (χ1) is 11.3.